The van der Waals surface area contributed by atoms with Crippen LogP contribution in [0.15, 0.2) is 30.3 Å². The van der Waals surface area contributed by atoms with E-state index < -0.39 is 0 Å². The van der Waals surface area contributed by atoms with Gasteiger partial charge in [-0.25, -0.2) is 9.97 Å². The summed E-state index contributed by atoms with van der Waals surface area (Å²) in [7, 11) is 0. The van der Waals surface area contributed by atoms with Crippen molar-refractivity contribution in [2.75, 3.05) is 23.3 Å². The lowest BCUT2D eigenvalue weighted by molar-refractivity contribution is 0.102. The van der Waals surface area contributed by atoms with E-state index in [9.17, 15) is 4.79 Å². The first kappa shape index (κ1) is 15.9. The quantitative estimate of drug-likeness (QED) is 0.921. The molecule has 2 rings (SSSR count). The molecule has 116 valence electrons. The van der Waals surface area contributed by atoms with E-state index in [1.165, 1.54) is 0 Å². The molecule has 2 aromatic rings. The van der Waals surface area contributed by atoms with Gasteiger partial charge in [0.1, 0.15) is 5.69 Å². The molecule has 0 saturated carbocycles. The van der Waals surface area contributed by atoms with E-state index in [2.05, 4.69) is 15.3 Å². The molecule has 0 atom stereocenters. The normalized spacial score (nSPS) is 10.4. The number of aromatic nitrogens is 2. The molecule has 0 unspecified atom stereocenters. The van der Waals surface area contributed by atoms with Crippen molar-refractivity contribution in [2.45, 2.75) is 27.7 Å². The second-order valence-electron chi connectivity index (χ2n) is 5.14. The Morgan fingerprint density at radius 3 is 2.45 bits per heavy atom. The minimum atomic E-state index is -0.215. The number of benzene rings is 1. The van der Waals surface area contributed by atoms with Crippen molar-refractivity contribution in [1.29, 1.82) is 0 Å². The van der Waals surface area contributed by atoms with E-state index in [1.807, 2.05) is 56.9 Å². The number of carbonyl (C=O) groups excluding carboxylic acids is 1. The number of nitrogens with zero attached hydrogens (tertiary/aromatic N) is 3. The predicted octanol–water partition coefficient (Wildman–Crippen LogP) is 3.19. The van der Waals surface area contributed by atoms with Crippen molar-refractivity contribution in [3.05, 3.63) is 47.3 Å². The van der Waals surface area contributed by atoms with Crippen LogP contribution in [0.1, 0.15) is 35.6 Å². The molecule has 0 aliphatic heterocycles. The largest absolute Gasteiger partial charge is 0.341 e. The number of rotatable bonds is 5. The van der Waals surface area contributed by atoms with Crippen LogP contribution in [-0.2, 0) is 0 Å². The molecule has 1 N–H and O–H groups in total. The van der Waals surface area contributed by atoms with Gasteiger partial charge in [-0.2, -0.15) is 0 Å². The minimum Gasteiger partial charge on any atom is -0.341 e. The van der Waals surface area contributed by atoms with Gasteiger partial charge in [-0.3, -0.25) is 4.79 Å². The van der Waals surface area contributed by atoms with Crippen molar-refractivity contribution in [1.82, 2.24) is 9.97 Å². The summed E-state index contributed by atoms with van der Waals surface area (Å²) in [6.45, 7) is 9.53. The molecule has 1 aromatic carbocycles. The van der Waals surface area contributed by atoms with E-state index in [0.717, 1.165) is 30.0 Å². The fourth-order valence-corrected chi connectivity index (χ4v) is 2.22. The third-order valence-electron chi connectivity index (χ3n) is 3.51. The van der Waals surface area contributed by atoms with Crippen LogP contribution in [0.4, 0.5) is 11.6 Å². The van der Waals surface area contributed by atoms with Gasteiger partial charge in [0, 0.05) is 24.5 Å². The molecule has 0 aliphatic carbocycles. The lowest BCUT2D eigenvalue weighted by Crippen LogP contribution is -2.26. The fraction of sp³-hybridized carbons (Fsp3) is 0.353. The third-order valence-corrected chi connectivity index (χ3v) is 3.51. The number of para-hydroxylation sites is 1. The van der Waals surface area contributed by atoms with Crippen LogP contribution in [0.3, 0.4) is 0 Å². The molecule has 5 heteroatoms. The molecule has 0 saturated heterocycles. The van der Waals surface area contributed by atoms with Crippen molar-refractivity contribution in [3.63, 3.8) is 0 Å². The Hall–Kier alpha value is -2.43. The molecule has 0 fully saturated rings. The number of hydrogen-bond acceptors (Lipinski definition) is 4. The Labute approximate surface area is 131 Å². The Morgan fingerprint density at radius 2 is 1.82 bits per heavy atom. The number of carbonyl (C=O) groups is 1. The zero-order valence-electron chi connectivity index (χ0n) is 13.6. The highest BCUT2D eigenvalue weighted by atomic mass is 16.1. The minimum absolute atomic E-state index is 0.215. The molecule has 0 aliphatic rings. The average molecular weight is 298 g/mol. The van der Waals surface area contributed by atoms with Crippen LogP contribution in [0.25, 0.3) is 0 Å². The zero-order valence-corrected chi connectivity index (χ0v) is 13.6. The molecule has 1 aromatic heterocycles. The Bertz CT molecular complexity index is 665. The van der Waals surface area contributed by atoms with Gasteiger partial charge >= 0.3 is 0 Å². The van der Waals surface area contributed by atoms with Crippen molar-refractivity contribution < 1.29 is 4.79 Å². The molecule has 0 radical (unpaired) electrons. The van der Waals surface area contributed by atoms with Crippen molar-refractivity contribution in [2.24, 2.45) is 0 Å². The van der Waals surface area contributed by atoms with Crippen LogP contribution in [-0.4, -0.2) is 29.0 Å². The Morgan fingerprint density at radius 1 is 1.14 bits per heavy atom. The van der Waals surface area contributed by atoms with Crippen molar-refractivity contribution in [3.8, 4) is 0 Å². The first-order valence-electron chi connectivity index (χ1n) is 7.52. The zero-order chi connectivity index (χ0) is 16.1. The SMILES string of the molecule is CCN(CC)c1nc(C)cc(C(=O)Nc2ccccc2C)n1. The molecule has 0 bridgehead atoms. The van der Waals surface area contributed by atoms with E-state index in [1.54, 1.807) is 6.07 Å². The molecule has 22 heavy (non-hydrogen) atoms. The van der Waals surface area contributed by atoms with E-state index >= 15 is 0 Å². The smallest absolute Gasteiger partial charge is 0.274 e. The Balaban J connectivity index is 2.28. The van der Waals surface area contributed by atoms with Gasteiger partial charge in [0.25, 0.3) is 5.91 Å². The maximum Gasteiger partial charge on any atom is 0.274 e. The highest BCUT2D eigenvalue weighted by Gasteiger charge is 2.14. The van der Waals surface area contributed by atoms with E-state index in [0.29, 0.717) is 11.6 Å². The van der Waals surface area contributed by atoms with Gasteiger partial charge in [-0.15, -0.1) is 0 Å². The van der Waals surface area contributed by atoms with Gasteiger partial charge in [-0.1, -0.05) is 18.2 Å². The second-order valence-corrected chi connectivity index (χ2v) is 5.14. The first-order valence-corrected chi connectivity index (χ1v) is 7.52. The summed E-state index contributed by atoms with van der Waals surface area (Å²) in [5, 5.41) is 2.91. The lowest BCUT2D eigenvalue weighted by atomic mass is 10.2. The highest BCUT2D eigenvalue weighted by Crippen LogP contribution is 2.16. The van der Waals surface area contributed by atoms with Crippen molar-refractivity contribution >= 4 is 17.5 Å². The highest BCUT2D eigenvalue weighted by molar-refractivity contribution is 6.03. The number of anilines is 2. The Kier molecular flexibility index (Phi) is 5.09. The van der Waals surface area contributed by atoms with Crippen LogP contribution >= 0.6 is 0 Å². The molecular weight excluding hydrogens is 276 g/mol. The number of hydrogen-bond donors (Lipinski definition) is 1. The summed E-state index contributed by atoms with van der Waals surface area (Å²) in [6.07, 6.45) is 0. The van der Waals surface area contributed by atoms with Crippen LogP contribution < -0.4 is 10.2 Å². The van der Waals surface area contributed by atoms with Crippen LogP contribution in [0, 0.1) is 13.8 Å². The monoisotopic (exact) mass is 298 g/mol. The topological polar surface area (TPSA) is 58.1 Å². The number of nitrogens with one attached hydrogen (secondary N) is 1. The lowest BCUT2D eigenvalue weighted by Gasteiger charge is -2.19. The average Bonchev–Trinajstić information content (AvgIpc) is 2.50. The first-order chi connectivity index (χ1) is 10.5. The summed E-state index contributed by atoms with van der Waals surface area (Å²) in [5.41, 5.74) is 2.99. The number of aryl methyl sites for hydroxylation is 2. The summed E-state index contributed by atoms with van der Waals surface area (Å²) in [4.78, 5) is 23.3. The molecule has 1 heterocycles. The summed E-state index contributed by atoms with van der Waals surface area (Å²) >= 11 is 0. The molecular formula is C17H22N4O. The third kappa shape index (κ3) is 3.61. The molecule has 0 spiro atoms. The molecule has 1 amide bonds. The van der Waals surface area contributed by atoms with E-state index in [4.69, 9.17) is 0 Å². The second kappa shape index (κ2) is 7.02. The predicted molar refractivity (Wildman–Crippen MR) is 89.5 cm³/mol. The summed E-state index contributed by atoms with van der Waals surface area (Å²) in [5.74, 6) is 0.383. The standard InChI is InChI=1S/C17H22N4O/c1-5-21(6-2)17-18-13(4)11-15(20-17)16(22)19-14-10-8-7-9-12(14)3/h7-11H,5-6H2,1-4H3,(H,19,22). The van der Waals surface area contributed by atoms with Gasteiger partial charge in [0.2, 0.25) is 5.95 Å². The molecule has 5 nitrogen and oxygen atoms in total. The van der Waals surface area contributed by atoms with Gasteiger partial charge in [-0.05, 0) is 45.4 Å². The maximum atomic E-state index is 12.5. The van der Waals surface area contributed by atoms with Crippen LogP contribution in [0.5, 0.6) is 0 Å². The van der Waals surface area contributed by atoms with Crippen LogP contribution in [0.2, 0.25) is 0 Å². The van der Waals surface area contributed by atoms with Gasteiger partial charge in [0.05, 0.1) is 0 Å². The fourth-order valence-electron chi connectivity index (χ4n) is 2.22. The maximum absolute atomic E-state index is 12.5. The van der Waals surface area contributed by atoms with Gasteiger partial charge in [0.15, 0.2) is 0 Å². The summed E-state index contributed by atoms with van der Waals surface area (Å²) in [6, 6.07) is 9.39. The van der Waals surface area contributed by atoms with Gasteiger partial charge < -0.3 is 10.2 Å². The summed E-state index contributed by atoms with van der Waals surface area (Å²) < 4.78 is 0. The van der Waals surface area contributed by atoms with E-state index in [-0.39, 0.29) is 5.91 Å². The number of amides is 1.